The Kier molecular flexibility index (Phi) is 7.44. The van der Waals surface area contributed by atoms with Gasteiger partial charge in [-0.2, -0.15) is 0 Å². The summed E-state index contributed by atoms with van der Waals surface area (Å²) < 4.78 is 0. The van der Waals surface area contributed by atoms with Crippen LogP contribution in [-0.4, -0.2) is 0 Å². The lowest BCUT2D eigenvalue weighted by Crippen LogP contribution is -2.06. The van der Waals surface area contributed by atoms with Crippen molar-refractivity contribution in [3.05, 3.63) is 70.8 Å². The largest absolute Gasteiger partial charge is 0.324 e. The zero-order chi connectivity index (χ0) is 15.8. The second-order valence-electron chi connectivity index (χ2n) is 5.45. The molecule has 0 saturated carbocycles. The van der Waals surface area contributed by atoms with Gasteiger partial charge in [-0.15, -0.1) is 0 Å². The van der Waals surface area contributed by atoms with Gasteiger partial charge in [-0.05, 0) is 50.6 Å². The van der Waals surface area contributed by atoms with Gasteiger partial charge in [-0.1, -0.05) is 59.7 Å². The van der Waals surface area contributed by atoms with Crippen LogP contribution in [0.4, 0.5) is 0 Å². The normalized spacial score (nSPS) is 13.0. The van der Waals surface area contributed by atoms with E-state index in [4.69, 9.17) is 17.5 Å². The molecule has 21 heavy (non-hydrogen) atoms. The van der Waals surface area contributed by atoms with Crippen LogP contribution in [0.15, 0.2) is 48.5 Å². The zero-order valence-electron chi connectivity index (χ0n) is 13.2. The molecular formula is C18H25ClN2. The van der Waals surface area contributed by atoms with E-state index in [0.29, 0.717) is 0 Å². The Labute approximate surface area is 133 Å². The highest BCUT2D eigenvalue weighted by atomic mass is 35.5. The number of aryl methyl sites for hydroxylation is 2. The molecule has 0 amide bonds. The van der Waals surface area contributed by atoms with Crippen LogP contribution < -0.4 is 10.6 Å². The predicted molar refractivity (Wildman–Crippen MR) is 92.4 cm³/mol. The Bertz CT molecular complexity index is 552. The van der Waals surface area contributed by atoms with E-state index in [0.717, 1.165) is 0 Å². The quantitative estimate of drug-likeness (QED) is 0.798. The van der Waals surface area contributed by atoms with Gasteiger partial charge in [-0.3, -0.25) is 0 Å². The van der Waals surface area contributed by atoms with Gasteiger partial charge >= 0.3 is 0 Å². The van der Waals surface area contributed by atoms with E-state index in [1.54, 1.807) is 0 Å². The molecule has 0 aliphatic heterocycles. The average molecular weight is 305 g/mol. The van der Waals surface area contributed by atoms with Crippen LogP contribution in [0.25, 0.3) is 0 Å². The number of hydrogen-bond acceptors (Lipinski definition) is 2. The molecule has 0 heterocycles. The van der Waals surface area contributed by atoms with Crippen molar-refractivity contribution in [2.24, 2.45) is 5.73 Å². The highest BCUT2D eigenvalue weighted by Crippen LogP contribution is 2.13. The van der Waals surface area contributed by atoms with Crippen LogP contribution >= 0.6 is 11.8 Å². The highest BCUT2D eigenvalue weighted by molar-refractivity contribution is 6.13. The van der Waals surface area contributed by atoms with Crippen LogP contribution in [0.2, 0.25) is 0 Å². The standard InChI is InChI=1S/C9H12ClN.C9H13N/c1-7-4-3-5-9(6-7)8(2)11-10;1-7-4-3-5-9(6-7)8(2)10/h3-6,8,11H,1-2H3;3-6,8H,10H2,1-2H3/t2*8-/m00/s1. The molecule has 3 N–H and O–H groups in total. The van der Waals surface area contributed by atoms with Crippen LogP contribution in [0.3, 0.4) is 0 Å². The van der Waals surface area contributed by atoms with Gasteiger partial charge in [0.05, 0.1) is 0 Å². The molecule has 2 atom stereocenters. The Morgan fingerprint density at radius 2 is 1.38 bits per heavy atom. The van der Waals surface area contributed by atoms with Crippen molar-refractivity contribution >= 4 is 11.8 Å². The number of benzene rings is 2. The highest BCUT2D eigenvalue weighted by Gasteiger charge is 2.01. The molecule has 0 bridgehead atoms. The van der Waals surface area contributed by atoms with Gasteiger partial charge in [0.25, 0.3) is 0 Å². The molecule has 0 aromatic heterocycles. The van der Waals surface area contributed by atoms with Crippen molar-refractivity contribution < 1.29 is 0 Å². The molecule has 2 nitrogen and oxygen atoms in total. The van der Waals surface area contributed by atoms with Crippen molar-refractivity contribution in [3.8, 4) is 0 Å². The molecule has 2 rings (SSSR count). The van der Waals surface area contributed by atoms with Gasteiger partial charge in [0.15, 0.2) is 0 Å². The fourth-order valence-electron chi connectivity index (χ4n) is 1.96. The minimum atomic E-state index is 0.153. The molecule has 2 aromatic carbocycles. The Morgan fingerprint density at radius 3 is 1.76 bits per heavy atom. The minimum Gasteiger partial charge on any atom is -0.324 e. The maximum atomic E-state index is 5.68. The first kappa shape index (κ1) is 17.7. The van der Waals surface area contributed by atoms with Crippen molar-refractivity contribution in [2.75, 3.05) is 0 Å². The summed E-state index contributed by atoms with van der Waals surface area (Å²) in [6.07, 6.45) is 0. The third-order valence-corrected chi connectivity index (χ3v) is 3.60. The Balaban J connectivity index is 0.000000211. The summed E-state index contributed by atoms with van der Waals surface area (Å²) in [6.45, 7) is 8.17. The van der Waals surface area contributed by atoms with Gasteiger partial charge in [0.2, 0.25) is 0 Å². The third-order valence-electron chi connectivity index (χ3n) is 3.27. The molecule has 3 heteroatoms. The summed E-state index contributed by atoms with van der Waals surface area (Å²) in [7, 11) is 0. The Morgan fingerprint density at radius 1 is 0.905 bits per heavy atom. The topological polar surface area (TPSA) is 38.0 Å². The van der Waals surface area contributed by atoms with Crippen LogP contribution in [-0.2, 0) is 0 Å². The molecule has 2 aromatic rings. The maximum absolute atomic E-state index is 5.68. The number of hydrogen-bond donors (Lipinski definition) is 2. The molecule has 0 spiro atoms. The van der Waals surface area contributed by atoms with E-state index in [1.165, 1.54) is 22.3 Å². The van der Waals surface area contributed by atoms with E-state index < -0.39 is 0 Å². The van der Waals surface area contributed by atoms with E-state index in [1.807, 2.05) is 26.0 Å². The number of halogens is 1. The summed E-state index contributed by atoms with van der Waals surface area (Å²) >= 11 is 5.49. The van der Waals surface area contributed by atoms with Gasteiger partial charge in [-0.25, -0.2) is 4.84 Å². The fourth-order valence-corrected chi connectivity index (χ4v) is 2.08. The first-order chi connectivity index (χ1) is 9.93. The molecule has 0 aliphatic rings. The zero-order valence-corrected chi connectivity index (χ0v) is 14.0. The Hall–Kier alpha value is -1.35. The molecule has 0 saturated heterocycles. The molecule has 0 radical (unpaired) electrons. The van der Waals surface area contributed by atoms with Gasteiger partial charge in [0.1, 0.15) is 0 Å². The minimum absolute atomic E-state index is 0.153. The molecule has 0 unspecified atom stereocenters. The van der Waals surface area contributed by atoms with Crippen LogP contribution in [0.1, 0.15) is 48.2 Å². The summed E-state index contributed by atoms with van der Waals surface area (Å²) in [6, 6.07) is 17.0. The molecule has 114 valence electrons. The van der Waals surface area contributed by atoms with Crippen molar-refractivity contribution in [2.45, 2.75) is 39.8 Å². The number of nitrogens with two attached hydrogens (primary N) is 1. The summed E-state index contributed by atoms with van der Waals surface area (Å²) in [5.74, 6) is 0. The van der Waals surface area contributed by atoms with E-state index in [2.05, 4.69) is 55.1 Å². The van der Waals surface area contributed by atoms with Crippen molar-refractivity contribution in [1.29, 1.82) is 0 Å². The van der Waals surface area contributed by atoms with Crippen molar-refractivity contribution in [1.82, 2.24) is 4.84 Å². The SMILES string of the molecule is Cc1cccc([C@H](C)N)c1.Cc1cccc([C@H](C)NCl)c1. The summed E-state index contributed by atoms with van der Waals surface area (Å²) in [5.41, 5.74) is 10.7. The molecule has 0 aliphatic carbocycles. The van der Waals surface area contributed by atoms with Crippen molar-refractivity contribution in [3.63, 3.8) is 0 Å². The van der Waals surface area contributed by atoms with E-state index in [-0.39, 0.29) is 12.1 Å². The number of rotatable bonds is 3. The van der Waals surface area contributed by atoms with Crippen LogP contribution in [0, 0.1) is 13.8 Å². The second-order valence-corrected chi connectivity index (χ2v) is 5.67. The lowest BCUT2D eigenvalue weighted by Gasteiger charge is -2.08. The maximum Gasteiger partial charge on any atom is 0.0442 e. The smallest absolute Gasteiger partial charge is 0.0442 e. The van der Waals surface area contributed by atoms with E-state index in [9.17, 15) is 0 Å². The van der Waals surface area contributed by atoms with E-state index >= 15 is 0 Å². The number of nitrogens with one attached hydrogen (secondary N) is 1. The monoisotopic (exact) mass is 304 g/mol. The summed E-state index contributed by atoms with van der Waals surface area (Å²) in [4.78, 5) is 2.68. The molecular weight excluding hydrogens is 280 g/mol. The summed E-state index contributed by atoms with van der Waals surface area (Å²) in [5, 5.41) is 0. The fraction of sp³-hybridized carbons (Fsp3) is 0.333. The second kappa shape index (κ2) is 8.83. The lowest BCUT2D eigenvalue weighted by atomic mass is 10.1. The van der Waals surface area contributed by atoms with Gasteiger partial charge < -0.3 is 5.73 Å². The lowest BCUT2D eigenvalue weighted by molar-refractivity contribution is 0.744. The third kappa shape index (κ3) is 6.30. The first-order valence-corrected chi connectivity index (χ1v) is 7.56. The average Bonchev–Trinajstić information content (AvgIpc) is 2.47. The first-order valence-electron chi connectivity index (χ1n) is 7.19. The predicted octanol–water partition coefficient (Wildman–Crippen LogP) is 4.81. The molecule has 0 fully saturated rings. The van der Waals surface area contributed by atoms with Crippen LogP contribution in [0.5, 0.6) is 0 Å². The van der Waals surface area contributed by atoms with Gasteiger partial charge in [0, 0.05) is 12.1 Å².